The molecular formula is C10H15N5OS. The summed E-state index contributed by atoms with van der Waals surface area (Å²) in [6.07, 6.45) is 4.05. The number of anilines is 2. The second kappa shape index (κ2) is 5.22. The van der Waals surface area contributed by atoms with Gasteiger partial charge < -0.3 is 16.4 Å². The van der Waals surface area contributed by atoms with Gasteiger partial charge in [-0.15, -0.1) is 0 Å². The predicted molar refractivity (Wildman–Crippen MR) is 67.9 cm³/mol. The molecule has 0 atom stereocenters. The van der Waals surface area contributed by atoms with Gasteiger partial charge in [0.05, 0.1) is 6.54 Å². The monoisotopic (exact) mass is 253 g/mol. The Bertz CT molecular complexity index is 421. The van der Waals surface area contributed by atoms with Crippen LogP contribution in [0.3, 0.4) is 0 Å². The highest BCUT2D eigenvalue weighted by Gasteiger charge is 2.22. The van der Waals surface area contributed by atoms with E-state index in [9.17, 15) is 4.79 Å². The molecule has 0 spiro atoms. The van der Waals surface area contributed by atoms with Crippen LogP contribution in [0.15, 0.2) is 11.2 Å². The van der Waals surface area contributed by atoms with Crippen LogP contribution < -0.4 is 16.4 Å². The molecular weight excluding hydrogens is 238 g/mol. The van der Waals surface area contributed by atoms with Crippen LogP contribution in [-0.4, -0.2) is 34.7 Å². The van der Waals surface area contributed by atoms with Crippen LogP contribution in [-0.2, 0) is 4.79 Å². The van der Waals surface area contributed by atoms with Gasteiger partial charge in [0.2, 0.25) is 5.91 Å². The van der Waals surface area contributed by atoms with Crippen molar-refractivity contribution < 1.29 is 4.79 Å². The maximum absolute atomic E-state index is 11.5. The molecule has 1 aromatic rings. The summed E-state index contributed by atoms with van der Waals surface area (Å²) in [6, 6.07) is 1.99. The molecule has 92 valence electrons. The van der Waals surface area contributed by atoms with Crippen molar-refractivity contribution in [3.8, 4) is 0 Å². The van der Waals surface area contributed by atoms with Gasteiger partial charge in [0, 0.05) is 12.1 Å². The lowest BCUT2D eigenvalue weighted by atomic mass is 10.5. The number of rotatable bonds is 5. The molecule has 1 heterocycles. The minimum atomic E-state index is -0.0182. The summed E-state index contributed by atoms with van der Waals surface area (Å²) in [5.74, 6) is 0.956. The maximum atomic E-state index is 11.5. The fraction of sp³-hybridized carbons (Fsp3) is 0.500. The largest absolute Gasteiger partial charge is 0.383 e. The molecule has 6 nitrogen and oxygen atoms in total. The topological polar surface area (TPSA) is 92.9 Å². The molecule has 0 saturated heterocycles. The molecule has 0 aliphatic heterocycles. The van der Waals surface area contributed by atoms with Crippen LogP contribution in [0.4, 0.5) is 11.6 Å². The first-order chi connectivity index (χ1) is 8.17. The van der Waals surface area contributed by atoms with E-state index in [2.05, 4.69) is 20.6 Å². The third-order valence-electron chi connectivity index (χ3n) is 2.28. The Kier molecular flexibility index (Phi) is 3.68. The average Bonchev–Trinajstić information content (AvgIpc) is 3.09. The van der Waals surface area contributed by atoms with Crippen LogP contribution >= 0.6 is 11.8 Å². The summed E-state index contributed by atoms with van der Waals surface area (Å²) in [7, 11) is 0. The number of amides is 1. The van der Waals surface area contributed by atoms with Gasteiger partial charge in [0.1, 0.15) is 11.6 Å². The van der Waals surface area contributed by atoms with E-state index >= 15 is 0 Å². The van der Waals surface area contributed by atoms with Crippen molar-refractivity contribution in [1.82, 2.24) is 15.3 Å². The van der Waals surface area contributed by atoms with Gasteiger partial charge in [-0.2, -0.15) is 0 Å². The normalized spacial score (nSPS) is 14.4. The van der Waals surface area contributed by atoms with Gasteiger partial charge in [-0.25, -0.2) is 9.97 Å². The first-order valence-electron chi connectivity index (χ1n) is 5.39. The number of hydrogen-bond acceptors (Lipinski definition) is 6. The van der Waals surface area contributed by atoms with Crippen molar-refractivity contribution in [2.24, 2.45) is 0 Å². The third kappa shape index (κ3) is 3.77. The predicted octanol–water partition coefficient (Wildman–Crippen LogP) is 0.471. The minimum absolute atomic E-state index is 0.0182. The number of nitrogens with one attached hydrogen (secondary N) is 2. The summed E-state index contributed by atoms with van der Waals surface area (Å²) in [5.41, 5.74) is 5.63. The summed E-state index contributed by atoms with van der Waals surface area (Å²) in [4.78, 5) is 19.7. The minimum Gasteiger partial charge on any atom is -0.383 e. The van der Waals surface area contributed by atoms with Gasteiger partial charge in [0.25, 0.3) is 0 Å². The summed E-state index contributed by atoms with van der Waals surface area (Å²) < 4.78 is 0. The quantitative estimate of drug-likeness (QED) is 0.522. The Morgan fingerprint density at radius 1 is 1.59 bits per heavy atom. The summed E-state index contributed by atoms with van der Waals surface area (Å²) in [5, 5.41) is 6.42. The molecule has 0 unspecified atom stereocenters. The molecule has 1 aromatic heterocycles. The molecule has 0 bridgehead atoms. The highest BCUT2D eigenvalue weighted by Crippen LogP contribution is 2.18. The van der Waals surface area contributed by atoms with E-state index in [4.69, 9.17) is 5.73 Å². The van der Waals surface area contributed by atoms with E-state index < -0.39 is 0 Å². The van der Waals surface area contributed by atoms with E-state index in [1.54, 1.807) is 6.07 Å². The maximum Gasteiger partial charge on any atom is 0.239 e. The zero-order valence-corrected chi connectivity index (χ0v) is 10.4. The second-order valence-electron chi connectivity index (χ2n) is 3.86. The van der Waals surface area contributed by atoms with E-state index in [1.165, 1.54) is 11.8 Å². The zero-order chi connectivity index (χ0) is 12.3. The average molecular weight is 253 g/mol. The SMILES string of the molecule is CSc1nc(N)cc(NCC(=O)NC2CC2)n1. The molecule has 1 saturated carbocycles. The van der Waals surface area contributed by atoms with Crippen LogP contribution in [0.25, 0.3) is 0 Å². The number of nitrogens with zero attached hydrogens (tertiary/aromatic N) is 2. The second-order valence-corrected chi connectivity index (χ2v) is 4.63. The first kappa shape index (κ1) is 12.0. The van der Waals surface area contributed by atoms with Crippen molar-refractivity contribution in [3.05, 3.63) is 6.07 Å². The first-order valence-corrected chi connectivity index (χ1v) is 6.61. The molecule has 2 rings (SSSR count). The molecule has 7 heteroatoms. The number of carbonyl (C=O) groups is 1. The van der Waals surface area contributed by atoms with Crippen LogP contribution in [0.5, 0.6) is 0 Å². The molecule has 4 N–H and O–H groups in total. The van der Waals surface area contributed by atoms with Crippen molar-refractivity contribution in [3.63, 3.8) is 0 Å². The Morgan fingerprint density at radius 3 is 3.00 bits per heavy atom. The van der Waals surface area contributed by atoms with Crippen LogP contribution in [0.2, 0.25) is 0 Å². The molecule has 1 aliphatic carbocycles. The number of nitrogen functional groups attached to an aromatic ring is 1. The zero-order valence-electron chi connectivity index (χ0n) is 9.56. The summed E-state index contributed by atoms with van der Waals surface area (Å²) in [6.45, 7) is 0.209. The Hall–Kier alpha value is -1.50. The van der Waals surface area contributed by atoms with Crippen molar-refractivity contribution >= 4 is 29.3 Å². The van der Waals surface area contributed by atoms with Gasteiger partial charge in [0.15, 0.2) is 5.16 Å². The Labute approximate surface area is 104 Å². The fourth-order valence-corrected chi connectivity index (χ4v) is 1.69. The van der Waals surface area contributed by atoms with E-state index in [0.717, 1.165) is 12.8 Å². The smallest absolute Gasteiger partial charge is 0.239 e. The highest BCUT2D eigenvalue weighted by atomic mass is 32.2. The molecule has 1 amide bonds. The van der Waals surface area contributed by atoms with Gasteiger partial charge in [-0.05, 0) is 19.1 Å². The van der Waals surface area contributed by atoms with Gasteiger partial charge in [-0.3, -0.25) is 4.79 Å². The van der Waals surface area contributed by atoms with E-state index in [1.807, 2.05) is 6.26 Å². The molecule has 17 heavy (non-hydrogen) atoms. The standard InChI is InChI=1S/C10H15N5OS/c1-17-10-14-7(11)4-8(15-10)12-5-9(16)13-6-2-3-6/h4,6H,2-3,5H2,1H3,(H,13,16)(H3,11,12,14,15). The lowest BCUT2D eigenvalue weighted by Crippen LogP contribution is -2.31. The molecule has 1 fully saturated rings. The number of thioether (sulfide) groups is 1. The van der Waals surface area contributed by atoms with Crippen LogP contribution in [0, 0.1) is 0 Å². The van der Waals surface area contributed by atoms with Crippen molar-refractivity contribution in [2.75, 3.05) is 23.9 Å². The lowest BCUT2D eigenvalue weighted by molar-refractivity contribution is -0.119. The lowest BCUT2D eigenvalue weighted by Gasteiger charge is -2.07. The molecule has 0 radical (unpaired) electrons. The van der Waals surface area contributed by atoms with Gasteiger partial charge in [-0.1, -0.05) is 11.8 Å². The van der Waals surface area contributed by atoms with Crippen LogP contribution in [0.1, 0.15) is 12.8 Å². The van der Waals surface area contributed by atoms with Crippen molar-refractivity contribution in [1.29, 1.82) is 0 Å². The summed E-state index contributed by atoms with van der Waals surface area (Å²) >= 11 is 1.41. The number of aromatic nitrogens is 2. The van der Waals surface area contributed by atoms with Gasteiger partial charge >= 0.3 is 0 Å². The number of nitrogens with two attached hydrogens (primary N) is 1. The van der Waals surface area contributed by atoms with Crippen molar-refractivity contribution in [2.45, 2.75) is 24.0 Å². The highest BCUT2D eigenvalue weighted by molar-refractivity contribution is 7.98. The fourth-order valence-electron chi connectivity index (χ4n) is 1.30. The third-order valence-corrected chi connectivity index (χ3v) is 2.83. The van der Waals surface area contributed by atoms with E-state index in [0.29, 0.717) is 22.8 Å². The Balaban J connectivity index is 1.88. The molecule has 0 aromatic carbocycles. The number of hydrogen-bond donors (Lipinski definition) is 3. The number of carbonyl (C=O) groups excluding carboxylic acids is 1. The molecule has 1 aliphatic rings. The van der Waals surface area contributed by atoms with E-state index in [-0.39, 0.29) is 12.5 Å². The Morgan fingerprint density at radius 2 is 2.35 bits per heavy atom.